The fourth-order valence-corrected chi connectivity index (χ4v) is 2.52. The Morgan fingerprint density at radius 3 is 2.35 bits per heavy atom. The molecule has 2 rings (SSSR count). The SMILES string of the molecule is COc1ccc(CCNCC(=O)Nc2c(Cl)cccc2Cl)cc1. The molecule has 0 fully saturated rings. The van der Waals surface area contributed by atoms with Crippen molar-refractivity contribution >= 4 is 34.8 Å². The molecule has 0 radical (unpaired) electrons. The fraction of sp³-hybridized carbons (Fsp3) is 0.235. The maximum atomic E-state index is 11.9. The summed E-state index contributed by atoms with van der Waals surface area (Å²) in [4.78, 5) is 11.9. The highest BCUT2D eigenvalue weighted by molar-refractivity contribution is 6.39. The van der Waals surface area contributed by atoms with E-state index in [1.54, 1.807) is 25.3 Å². The number of carbonyl (C=O) groups excluding carboxylic acids is 1. The van der Waals surface area contributed by atoms with Crippen molar-refractivity contribution in [1.29, 1.82) is 0 Å². The van der Waals surface area contributed by atoms with Crippen LogP contribution in [-0.2, 0) is 11.2 Å². The third-order valence-electron chi connectivity index (χ3n) is 3.26. The molecule has 0 unspecified atom stereocenters. The van der Waals surface area contributed by atoms with E-state index in [-0.39, 0.29) is 12.5 Å². The summed E-state index contributed by atoms with van der Waals surface area (Å²) in [5.74, 6) is 0.646. The van der Waals surface area contributed by atoms with Gasteiger partial charge in [-0.2, -0.15) is 0 Å². The van der Waals surface area contributed by atoms with Gasteiger partial charge in [0.25, 0.3) is 0 Å². The molecule has 4 nitrogen and oxygen atoms in total. The minimum absolute atomic E-state index is 0.185. The number of hydrogen-bond donors (Lipinski definition) is 2. The summed E-state index contributed by atoms with van der Waals surface area (Å²) >= 11 is 12.0. The van der Waals surface area contributed by atoms with Crippen LogP contribution < -0.4 is 15.4 Å². The van der Waals surface area contributed by atoms with E-state index < -0.39 is 0 Å². The summed E-state index contributed by atoms with van der Waals surface area (Å²) < 4.78 is 5.11. The van der Waals surface area contributed by atoms with Gasteiger partial charge in [-0.05, 0) is 42.8 Å². The molecular weight excluding hydrogens is 335 g/mol. The molecule has 0 aliphatic carbocycles. The quantitative estimate of drug-likeness (QED) is 0.745. The normalized spacial score (nSPS) is 10.4. The summed E-state index contributed by atoms with van der Waals surface area (Å²) in [5, 5.41) is 6.64. The number of amides is 1. The van der Waals surface area contributed by atoms with Crippen LogP contribution in [0.1, 0.15) is 5.56 Å². The number of nitrogens with one attached hydrogen (secondary N) is 2. The maximum absolute atomic E-state index is 11.9. The molecule has 0 saturated carbocycles. The Labute approximate surface area is 145 Å². The summed E-state index contributed by atoms with van der Waals surface area (Å²) in [5.41, 5.74) is 1.62. The monoisotopic (exact) mass is 352 g/mol. The summed E-state index contributed by atoms with van der Waals surface area (Å²) in [7, 11) is 1.64. The zero-order valence-corrected chi connectivity index (χ0v) is 14.2. The van der Waals surface area contributed by atoms with Crippen molar-refractivity contribution in [3.63, 3.8) is 0 Å². The van der Waals surface area contributed by atoms with Crippen LogP contribution in [0.25, 0.3) is 0 Å². The Hall–Kier alpha value is -1.75. The van der Waals surface area contributed by atoms with E-state index >= 15 is 0 Å². The summed E-state index contributed by atoms with van der Waals surface area (Å²) in [6.07, 6.45) is 0.824. The van der Waals surface area contributed by atoms with Gasteiger partial charge in [0.15, 0.2) is 0 Å². The molecule has 0 saturated heterocycles. The highest BCUT2D eigenvalue weighted by atomic mass is 35.5. The second-order valence-corrected chi connectivity index (χ2v) is 5.73. The number of anilines is 1. The van der Waals surface area contributed by atoms with Gasteiger partial charge in [0.05, 0.1) is 29.4 Å². The van der Waals surface area contributed by atoms with Gasteiger partial charge in [-0.15, -0.1) is 0 Å². The zero-order valence-electron chi connectivity index (χ0n) is 12.7. The van der Waals surface area contributed by atoms with E-state index in [2.05, 4.69) is 10.6 Å². The topological polar surface area (TPSA) is 50.4 Å². The Morgan fingerprint density at radius 2 is 1.74 bits per heavy atom. The molecule has 2 aromatic rings. The second kappa shape index (κ2) is 8.77. The Morgan fingerprint density at radius 1 is 1.09 bits per heavy atom. The number of carbonyl (C=O) groups is 1. The van der Waals surface area contributed by atoms with Crippen LogP contribution in [0.2, 0.25) is 10.0 Å². The summed E-state index contributed by atoms with van der Waals surface area (Å²) in [6.45, 7) is 0.883. The van der Waals surface area contributed by atoms with Gasteiger partial charge >= 0.3 is 0 Å². The van der Waals surface area contributed by atoms with E-state index in [0.717, 1.165) is 12.2 Å². The lowest BCUT2D eigenvalue weighted by atomic mass is 10.1. The molecule has 0 aliphatic rings. The van der Waals surface area contributed by atoms with Crippen LogP contribution in [0.3, 0.4) is 0 Å². The van der Waals surface area contributed by atoms with E-state index in [9.17, 15) is 4.79 Å². The third kappa shape index (κ3) is 5.43. The van der Waals surface area contributed by atoms with Crippen LogP contribution in [0.4, 0.5) is 5.69 Å². The molecule has 2 N–H and O–H groups in total. The van der Waals surface area contributed by atoms with Gasteiger partial charge < -0.3 is 15.4 Å². The smallest absolute Gasteiger partial charge is 0.238 e. The Balaban J connectivity index is 1.74. The molecule has 23 heavy (non-hydrogen) atoms. The molecular formula is C17H18Cl2N2O2. The first-order chi connectivity index (χ1) is 11.1. The van der Waals surface area contributed by atoms with Gasteiger partial charge in [0.1, 0.15) is 5.75 Å². The Kier molecular flexibility index (Phi) is 6.71. The largest absolute Gasteiger partial charge is 0.497 e. The maximum Gasteiger partial charge on any atom is 0.238 e. The van der Waals surface area contributed by atoms with E-state index in [4.69, 9.17) is 27.9 Å². The molecule has 0 heterocycles. The van der Waals surface area contributed by atoms with E-state index in [0.29, 0.717) is 22.3 Å². The first kappa shape index (κ1) is 17.6. The Bertz CT molecular complexity index is 640. The van der Waals surface area contributed by atoms with Crippen molar-refractivity contribution in [2.24, 2.45) is 0 Å². The van der Waals surface area contributed by atoms with E-state index in [1.165, 1.54) is 5.56 Å². The molecule has 0 spiro atoms. The first-order valence-electron chi connectivity index (χ1n) is 7.17. The van der Waals surface area contributed by atoms with Crippen molar-refractivity contribution < 1.29 is 9.53 Å². The van der Waals surface area contributed by atoms with Gasteiger partial charge in [-0.25, -0.2) is 0 Å². The van der Waals surface area contributed by atoms with Gasteiger partial charge in [-0.1, -0.05) is 41.4 Å². The average Bonchev–Trinajstić information content (AvgIpc) is 2.56. The number of rotatable bonds is 7. The number of hydrogen-bond acceptors (Lipinski definition) is 3. The van der Waals surface area contributed by atoms with Crippen LogP contribution in [-0.4, -0.2) is 26.1 Å². The van der Waals surface area contributed by atoms with E-state index in [1.807, 2.05) is 24.3 Å². The molecule has 0 aliphatic heterocycles. The minimum Gasteiger partial charge on any atom is -0.497 e. The highest BCUT2D eigenvalue weighted by Gasteiger charge is 2.09. The molecule has 122 valence electrons. The average molecular weight is 353 g/mol. The fourth-order valence-electron chi connectivity index (χ4n) is 2.03. The molecule has 0 bridgehead atoms. The lowest BCUT2D eigenvalue weighted by Gasteiger charge is -2.10. The van der Waals surface area contributed by atoms with Crippen LogP contribution in [0, 0.1) is 0 Å². The first-order valence-corrected chi connectivity index (χ1v) is 7.93. The number of benzene rings is 2. The van der Waals surface area contributed by atoms with Crippen LogP contribution >= 0.6 is 23.2 Å². The number of ether oxygens (including phenoxy) is 1. The third-order valence-corrected chi connectivity index (χ3v) is 3.89. The van der Waals surface area contributed by atoms with Crippen LogP contribution in [0.5, 0.6) is 5.75 Å². The predicted molar refractivity (Wildman–Crippen MR) is 94.7 cm³/mol. The van der Waals surface area contributed by atoms with Gasteiger partial charge in [0.2, 0.25) is 5.91 Å². The van der Waals surface area contributed by atoms with Crippen molar-refractivity contribution in [3.8, 4) is 5.75 Å². The standard InChI is InChI=1S/C17H18Cl2N2O2/c1-23-13-7-5-12(6-8-13)9-10-20-11-16(22)21-17-14(18)3-2-4-15(17)19/h2-8,20H,9-11H2,1H3,(H,21,22). The highest BCUT2D eigenvalue weighted by Crippen LogP contribution is 2.29. The number of para-hydroxylation sites is 1. The van der Waals surface area contributed by atoms with Gasteiger partial charge in [-0.3, -0.25) is 4.79 Å². The molecule has 0 aromatic heterocycles. The number of methoxy groups -OCH3 is 1. The zero-order chi connectivity index (χ0) is 16.7. The van der Waals surface area contributed by atoms with Crippen molar-refractivity contribution in [2.75, 3.05) is 25.5 Å². The predicted octanol–water partition coefficient (Wildman–Crippen LogP) is 3.77. The van der Waals surface area contributed by atoms with Crippen LogP contribution in [0.15, 0.2) is 42.5 Å². The van der Waals surface area contributed by atoms with Gasteiger partial charge in [0, 0.05) is 0 Å². The second-order valence-electron chi connectivity index (χ2n) is 4.92. The number of halogens is 2. The lowest BCUT2D eigenvalue weighted by molar-refractivity contribution is -0.115. The molecule has 1 amide bonds. The molecule has 0 atom stereocenters. The van der Waals surface area contributed by atoms with Crippen molar-refractivity contribution in [1.82, 2.24) is 5.32 Å². The molecule has 2 aromatic carbocycles. The minimum atomic E-state index is -0.185. The van der Waals surface area contributed by atoms with Crippen molar-refractivity contribution in [2.45, 2.75) is 6.42 Å². The summed E-state index contributed by atoms with van der Waals surface area (Å²) in [6, 6.07) is 12.9. The lowest BCUT2D eigenvalue weighted by Crippen LogP contribution is -2.29. The molecule has 6 heteroatoms. The van der Waals surface area contributed by atoms with Crippen molar-refractivity contribution in [3.05, 3.63) is 58.1 Å².